The predicted octanol–water partition coefficient (Wildman–Crippen LogP) is 4.16. The van der Waals surface area contributed by atoms with Gasteiger partial charge in [-0.1, -0.05) is 37.1 Å². The molecule has 1 unspecified atom stereocenters. The number of allylic oxidation sites excluding steroid dienone is 1. The largest absolute Gasteiger partial charge is 0.342 e. The van der Waals surface area contributed by atoms with E-state index >= 15 is 0 Å². The standard InChI is InChI=1S/C24H31FN2O2/c25-21-10-8-18(9-11-21)17-27-14-4-3-7-22(24(27)29)19-12-15-26(16-13-19)23(28)20-5-1-2-6-20/h3-4,8-11,19-20,22H,1-2,5-7,12-17H2. The normalized spacial score (nSPS) is 24.2. The fraction of sp³-hybridized carbons (Fsp3) is 0.583. The van der Waals surface area contributed by atoms with Gasteiger partial charge >= 0.3 is 0 Å². The quantitative estimate of drug-likeness (QED) is 0.715. The SMILES string of the molecule is O=C(C1CCCC1)N1CCC(C2CC=CCN(Cc3ccc(F)cc3)C2=O)CC1. The van der Waals surface area contributed by atoms with Crippen molar-refractivity contribution in [3.63, 3.8) is 0 Å². The number of hydrogen-bond donors (Lipinski definition) is 0. The molecule has 0 spiro atoms. The van der Waals surface area contributed by atoms with Crippen molar-refractivity contribution < 1.29 is 14.0 Å². The fourth-order valence-corrected chi connectivity index (χ4v) is 5.17. The fourth-order valence-electron chi connectivity index (χ4n) is 5.17. The van der Waals surface area contributed by atoms with Crippen molar-refractivity contribution in [2.24, 2.45) is 17.8 Å². The Hall–Kier alpha value is -2.17. The van der Waals surface area contributed by atoms with Crippen LogP contribution in [0.1, 0.15) is 50.5 Å². The molecule has 156 valence electrons. The molecule has 0 bridgehead atoms. The highest BCUT2D eigenvalue weighted by atomic mass is 19.1. The number of halogens is 1. The summed E-state index contributed by atoms with van der Waals surface area (Å²) in [6, 6.07) is 6.39. The molecular formula is C24H31FN2O2. The monoisotopic (exact) mass is 398 g/mol. The first-order valence-electron chi connectivity index (χ1n) is 11.1. The Morgan fingerprint density at radius 2 is 1.69 bits per heavy atom. The summed E-state index contributed by atoms with van der Waals surface area (Å²) >= 11 is 0. The van der Waals surface area contributed by atoms with Crippen LogP contribution in [0.2, 0.25) is 0 Å². The van der Waals surface area contributed by atoms with Gasteiger partial charge in [-0.25, -0.2) is 4.39 Å². The lowest BCUT2D eigenvalue weighted by atomic mass is 9.81. The van der Waals surface area contributed by atoms with Crippen LogP contribution in [-0.4, -0.2) is 41.2 Å². The second kappa shape index (κ2) is 9.10. The smallest absolute Gasteiger partial charge is 0.226 e. The van der Waals surface area contributed by atoms with E-state index in [0.29, 0.717) is 24.9 Å². The van der Waals surface area contributed by atoms with E-state index in [-0.39, 0.29) is 23.6 Å². The molecule has 29 heavy (non-hydrogen) atoms. The average molecular weight is 399 g/mol. The third-order valence-electron chi connectivity index (χ3n) is 6.92. The maximum Gasteiger partial charge on any atom is 0.226 e. The van der Waals surface area contributed by atoms with E-state index < -0.39 is 0 Å². The molecule has 4 rings (SSSR count). The molecule has 0 aromatic heterocycles. The highest BCUT2D eigenvalue weighted by Gasteiger charge is 2.36. The molecule has 3 aliphatic rings. The van der Waals surface area contributed by atoms with E-state index in [9.17, 15) is 14.0 Å². The van der Waals surface area contributed by atoms with Gasteiger partial charge in [0.2, 0.25) is 11.8 Å². The van der Waals surface area contributed by atoms with Gasteiger partial charge in [0.15, 0.2) is 0 Å². The number of carbonyl (C=O) groups excluding carboxylic acids is 2. The minimum absolute atomic E-state index is 0.0158. The molecule has 2 heterocycles. The van der Waals surface area contributed by atoms with E-state index in [4.69, 9.17) is 0 Å². The molecule has 1 aliphatic carbocycles. The summed E-state index contributed by atoms with van der Waals surface area (Å²) in [5, 5.41) is 0. The van der Waals surface area contributed by atoms with Gasteiger partial charge in [-0.2, -0.15) is 0 Å². The summed E-state index contributed by atoms with van der Waals surface area (Å²) < 4.78 is 13.2. The Balaban J connectivity index is 1.36. The number of benzene rings is 1. The van der Waals surface area contributed by atoms with Crippen molar-refractivity contribution in [3.05, 3.63) is 47.8 Å². The molecule has 2 aliphatic heterocycles. The lowest BCUT2D eigenvalue weighted by molar-refractivity contribution is -0.139. The van der Waals surface area contributed by atoms with Gasteiger partial charge in [-0.3, -0.25) is 9.59 Å². The minimum atomic E-state index is -0.257. The van der Waals surface area contributed by atoms with E-state index in [2.05, 4.69) is 12.2 Å². The van der Waals surface area contributed by atoms with Gasteiger partial charge in [0, 0.05) is 38.0 Å². The van der Waals surface area contributed by atoms with Crippen LogP contribution in [0.25, 0.3) is 0 Å². The maximum atomic E-state index is 13.3. The van der Waals surface area contributed by atoms with Gasteiger partial charge in [-0.15, -0.1) is 0 Å². The Bertz CT molecular complexity index is 747. The molecule has 1 saturated carbocycles. The Morgan fingerprint density at radius 1 is 1.00 bits per heavy atom. The number of rotatable bonds is 4. The number of nitrogens with zero attached hydrogens (tertiary/aromatic N) is 2. The summed E-state index contributed by atoms with van der Waals surface area (Å²) in [5.41, 5.74) is 0.950. The molecular weight excluding hydrogens is 367 g/mol. The molecule has 0 N–H and O–H groups in total. The van der Waals surface area contributed by atoms with Crippen LogP contribution in [0.5, 0.6) is 0 Å². The second-order valence-electron chi connectivity index (χ2n) is 8.80. The van der Waals surface area contributed by atoms with E-state index in [1.165, 1.54) is 25.0 Å². The minimum Gasteiger partial charge on any atom is -0.342 e. The molecule has 1 saturated heterocycles. The summed E-state index contributed by atoms with van der Waals surface area (Å²) in [6.07, 6.45) is 11.2. The van der Waals surface area contributed by atoms with Crippen LogP contribution >= 0.6 is 0 Å². The van der Waals surface area contributed by atoms with Gasteiger partial charge in [-0.05, 0) is 55.7 Å². The van der Waals surface area contributed by atoms with Crippen LogP contribution in [0.4, 0.5) is 4.39 Å². The van der Waals surface area contributed by atoms with Gasteiger partial charge < -0.3 is 9.80 Å². The van der Waals surface area contributed by atoms with Crippen molar-refractivity contribution in [2.75, 3.05) is 19.6 Å². The number of likely N-dealkylation sites (tertiary alicyclic amines) is 1. The third-order valence-corrected chi connectivity index (χ3v) is 6.92. The van der Waals surface area contributed by atoms with Crippen molar-refractivity contribution in [3.8, 4) is 0 Å². The Morgan fingerprint density at radius 3 is 2.38 bits per heavy atom. The van der Waals surface area contributed by atoms with Gasteiger partial charge in [0.05, 0.1) is 0 Å². The van der Waals surface area contributed by atoms with Gasteiger partial charge in [0.25, 0.3) is 0 Å². The Kier molecular flexibility index (Phi) is 6.31. The van der Waals surface area contributed by atoms with Crippen molar-refractivity contribution >= 4 is 11.8 Å². The van der Waals surface area contributed by atoms with Gasteiger partial charge in [0.1, 0.15) is 5.82 Å². The van der Waals surface area contributed by atoms with Crippen molar-refractivity contribution in [1.82, 2.24) is 9.80 Å². The molecule has 4 nitrogen and oxygen atoms in total. The second-order valence-corrected chi connectivity index (χ2v) is 8.80. The van der Waals surface area contributed by atoms with Crippen LogP contribution in [0.3, 0.4) is 0 Å². The average Bonchev–Trinajstić information content (AvgIpc) is 3.22. The number of amides is 2. The molecule has 1 aromatic rings. The number of hydrogen-bond acceptors (Lipinski definition) is 2. The first kappa shape index (κ1) is 20.1. The van der Waals surface area contributed by atoms with Crippen LogP contribution < -0.4 is 0 Å². The third kappa shape index (κ3) is 4.71. The summed E-state index contributed by atoms with van der Waals surface area (Å²) in [5.74, 6) is 0.824. The number of piperidine rings is 1. The topological polar surface area (TPSA) is 40.6 Å². The highest BCUT2D eigenvalue weighted by molar-refractivity contribution is 5.80. The molecule has 1 aromatic carbocycles. The zero-order chi connectivity index (χ0) is 20.2. The zero-order valence-electron chi connectivity index (χ0n) is 17.1. The summed E-state index contributed by atoms with van der Waals surface area (Å²) in [7, 11) is 0. The Labute approximate surface area is 172 Å². The van der Waals surface area contributed by atoms with Crippen molar-refractivity contribution in [2.45, 2.75) is 51.5 Å². The zero-order valence-corrected chi connectivity index (χ0v) is 17.1. The highest BCUT2D eigenvalue weighted by Crippen LogP contribution is 2.33. The van der Waals surface area contributed by atoms with Crippen molar-refractivity contribution in [1.29, 1.82) is 0 Å². The molecule has 0 radical (unpaired) electrons. The van der Waals surface area contributed by atoms with E-state index in [1.54, 1.807) is 12.1 Å². The molecule has 2 fully saturated rings. The number of carbonyl (C=O) groups is 2. The predicted molar refractivity (Wildman–Crippen MR) is 110 cm³/mol. The van der Waals surface area contributed by atoms with E-state index in [1.807, 2.05) is 9.80 Å². The first-order valence-corrected chi connectivity index (χ1v) is 11.1. The molecule has 2 amide bonds. The summed E-state index contributed by atoms with van der Waals surface area (Å²) in [6.45, 7) is 2.68. The summed E-state index contributed by atoms with van der Waals surface area (Å²) in [4.78, 5) is 29.9. The van der Waals surface area contributed by atoms with Crippen LogP contribution in [0.15, 0.2) is 36.4 Å². The molecule has 5 heteroatoms. The van der Waals surface area contributed by atoms with E-state index in [0.717, 1.165) is 50.8 Å². The maximum absolute atomic E-state index is 13.3. The van der Waals surface area contributed by atoms with Crippen LogP contribution in [0, 0.1) is 23.6 Å². The lowest BCUT2D eigenvalue weighted by Crippen LogP contribution is -2.45. The molecule has 1 atom stereocenters. The van der Waals surface area contributed by atoms with Crippen LogP contribution in [-0.2, 0) is 16.1 Å². The first-order chi connectivity index (χ1) is 14.1. The lowest BCUT2D eigenvalue weighted by Gasteiger charge is -2.37.